The molecule has 0 aromatic carbocycles. The standard InChI is InChI=1S/C24H38O5/c1-15(7-9-20-16(2)11-19(12-17(3)25)18(4)28-20)8-10-21-22(26)24(14-27-24)13-23(5,6)29-21/h7-8,10,16,18-22,26H,9,11-14H2,1-6H3/b10-8+,15-7+/t16-,18+,19-,20-,21?,22+,24+/m0/s1. The molecule has 164 valence electrons. The van der Waals surface area contributed by atoms with Crippen molar-refractivity contribution >= 4 is 5.78 Å². The number of aliphatic hydroxyl groups excluding tert-OH is 1. The molecule has 1 unspecified atom stereocenters. The number of aliphatic hydroxyl groups is 1. The number of hydrogen-bond acceptors (Lipinski definition) is 5. The summed E-state index contributed by atoms with van der Waals surface area (Å²) in [5.74, 6) is 0.999. The van der Waals surface area contributed by atoms with Crippen LogP contribution >= 0.6 is 0 Å². The quantitative estimate of drug-likeness (QED) is 0.534. The van der Waals surface area contributed by atoms with Crippen molar-refractivity contribution in [1.82, 2.24) is 0 Å². The van der Waals surface area contributed by atoms with Gasteiger partial charge in [-0.25, -0.2) is 0 Å². The largest absolute Gasteiger partial charge is 0.387 e. The Morgan fingerprint density at radius 2 is 1.93 bits per heavy atom. The molecule has 3 fully saturated rings. The molecule has 0 amide bonds. The SMILES string of the molecule is CC(=O)C[C@@H]1C[C@H](C)[C@H](C/C=C(C)/C=C/C2OC(C)(C)C[C@@]3(CO3)[C@@H]2O)O[C@@H]1C. The third kappa shape index (κ3) is 5.57. The van der Waals surface area contributed by atoms with Gasteiger partial charge in [0.15, 0.2) is 0 Å². The minimum absolute atomic E-state index is 0.118. The van der Waals surface area contributed by atoms with Crippen LogP contribution in [0.1, 0.15) is 67.2 Å². The van der Waals surface area contributed by atoms with Gasteiger partial charge in [0.2, 0.25) is 0 Å². The van der Waals surface area contributed by atoms with Gasteiger partial charge in [-0.15, -0.1) is 0 Å². The van der Waals surface area contributed by atoms with E-state index in [1.807, 2.05) is 26.0 Å². The summed E-state index contributed by atoms with van der Waals surface area (Å²) in [5, 5.41) is 10.6. The lowest BCUT2D eigenvalue weighted by atomic mass is 9.81. The summed E-state index contributed by atoms with van der Waals surface area (Å²) in [5.41, 5.74) is 0.399. The molecule has 5 heteroatoms. The summed E-state index contributed by atoms with van der Waals surface area (Å²) in [7, 11) is 0. The van der Waals surface area contributed by atoms with Crippen molar-refractivity contribution in [3.63, 3.8) is 0 Å². The molecule has 1 N–H and O–H groups in total. The molecule has 1 spiro atoms. The summed E-state index contributed by atoms with van der Waals surface area (Å²) < 4.78 is 17.9. The minimum Gasteiger partial charge on any atom is -0.387 e. The first-order chi connectivity index (χ1) is 13.5. The first kappa shape index (κ1) is 22.7. The Kier molecular flexibility index (Phi) is 6.74. The molecule has 3 aliphatic heterocycles. The van der Waals surface area contributed by atoms with Crippen LogP contribution in [0.25, 0.3) is 0 Å². The summed E-state index contributed by atoms with van der Waals surface area (Å²) in [6, 6.07) is 0. The number of epoxide rings is 1. The van der Waals surface area contributed by atoms with Crippen LogP contribution in [0.15, 0.2) is 23.8 Å². The van der Waals surface area contributed by atoms with E-state index >= 15 is 0 Å². The molecule has 3 saturated heterocycles. The zero-order valence-corrected chi connectivity index (χ0v) is 18.8. The fraction of sp³-hybridized carbons (Fsp3) is 0.792. The maximum Gasteiger partial charge on any atom is 0.130 e. The molecule has 5 nitrogen and oxygen atoms in total. The van der Waals surface area contributed by atoms with Crippen LogP contribution in [0.2, 0.25) is 0 Å². The van der Waals surface area contributed by atoms with E-state index in [2.05, 4.69) is 26.8 Å². The van der Waals surface area contributed by atoms with Crippen molar-refractivity contribution < 1.29 is 24.1 Å². The van der Waals surface area contributed by atoms with Gasteiger partial charge in [-0.05, 0) is 59.3 Å². The highest BCUT2D eigenvalue weighted by atomic mass is 16.6. The summed E-state index contributed by atoms with van der Waals surface area (Å²) in [6.45, 7) is 12.7. The van der Waals surface area contributed by atoms with Crippen molar-refractivity contribution in [3.05, 3.63) is 23.8 Å². The maximum absolute atomic E-state index is 11.5. The van der Waals surface area contributed by atoms with E-state index in [-0.39, 0.29) is 29.7 Å². The van der Waals surface area contributed by atoms with Crippen LogP contribution in [0.3, 0.4) is 0 Å². The van der Waals surface area contributed by atoms with Crippen molar-refractivity contribution in [1.29, 1.82) is 0 Å². The van der Waals surface area contributed by atoms with Crippen molar-refractivity contribution in [2.45, 2.75) is 103 Å². The normalized spacial score (nSPS) is 42.4. The highest BCUT2D eigenvalue weighted by molar-refractivity contribution is 5.75. The van der Waals surface area contributed by atoms with Crippen LogP contribution in [0.5, 0.6) is 0 Å². The Labute approximate surface area is 175 Å². The fourth-order valence-corrected chi connectivity index (χ4v) is 4.97. The smallest absolute Gasteiger partial charge is 0.130 e. The molecule has 0 radical (unpaired) electrons. The highest BCUT2D eigenvalue weighted by Gasteiger charge is 2.60. The lowest BCUT2D eigenvalue weighted by Gasteiger charge is -2.41. The predicted octanol–water partition coefficient (Wildman–Crippen LogP) is 3.99. The Bertz CT molecular complexity index is 660. The molecule has 3 aliphatic rings. The third-order valence-corrected chi connectivity index (χ3v) is 6.68. The zero-order valence-electron chi connectivity index (χ0n) is 18.8. The van der Waals surface area contributed by atoms with Crippen LogP contribution in [-0.4, -0.2) is 53.1 Å². The second kappa shape index (κ2) is 8.62. The fourth-order valence-electron chi connectivity index (χ4n) is 4.97. The van der Waals surface area contributed by atoms with Gasteiger partial charge in [-0.3, -0.25) is 0 Å². The summed E-state index contributed by atoms with van der Waals surface area (Å²) >= 11 is 0. The number of carbonyl (C=O) groups is 1. The van der Waals surface area contributed by atoms with E-state index in [1.54, 1.807) is 6.92 Å². The maximum atomic E-state index is 11.5. The number of Topliss-reactive ketones (excluding diaryl/α,β-unsaturated/α-hetero) is 1. The number of ketones is 1. The van der Waals surface area contributed by atoms with Gasteiger partial charge in [0.1, 0.15) is 23.6 Å². The highest BCUT2D eigenvalue weighted by Crippen LogP contribution is 2.46. The Morgan fingerprint density at radius 3 is 2.55 bits per heavy atom. The monoisotopic (exact) mass is 406 g/mol. The van der Waals surface area contributed by atoms with E-state index in [0.29, 0.717) is 24.9 Å². The van der Waals surface area contributed by atoms with Crippen molar-refractivity contribution in [2.75, 3.05) is 6.61 Å². The average Bonchev–Trinajstić information content (AvgIpc) is 3.37. The van der Waals surface area contributed by atoms with Crippen molar-refractivity contribution in [2.24, 2.45) is 11.8 Å². The van der Waals surface area contributed by atoms with Gasteiger partial charge >= 0.3 is 0 Å². The van der Waals surface area contributed by atoms with Gasteiger partial charge in [-0.2, -0.15) is 0 Å². The number of hydrogen-bond donors (Lipinski definition) is 1. The summed E-state index contributed by atoms with van der Waals surface area (Å²) in [4.78, 5) is 11.5. The molecule has 0 aromatic heterocycles. The molecule has 0 aliphatic carbocycles. The van der Waals surface area contributed by atoms with Crippen LogP contribution in [0.4, 0.5) is 0 Å². The van der Waals surface area contributed by atoms with E-state index < -0.39 is 11.7 Å². The van der Waals surface area contributed by atoms with Gasteiger partial charge in [0.05, 0.1) is 24.4 Å². The Morgan fingerprint density at radius 1 is 1.24 bits per heavy atom. The predicted molar refractivity (Wildman–Crippen MR) is 113 cm³/mol. The van der Waals surface area contributed by atoms with E-state index in [4.69, 9.17) is 14.2 Å². The molecular formula is C24H38O5. The summed E-state index contributed by atoms with van der Waals surface area (Å²) in [6.07, 6.45) is 8.71. The zero-order chi connectivity index (χ0) is 21.4. The Balaban J connectivity index is 1.55. The average molecular weight is 407 g/mol. The van der Waals surface area contributed by atoms with E-state index in [9.17, 15) is 9.90 Å². The molecule has 3 heterocycles. The van der Waals surface area contributed by atoms with Gasteiger partial charge < -0.3 is 24.1 Å². The number of carbonyl (C=O) groups excluding carboxylic acids is 1. The van der Waals surface area contributed by atoms with Gasteiger partial charge in [0, 0.05) is 12.8 Å². The second-order valence-corrected chi connectivity index (χ2v) is 10.1. The molecule has 0 saturated carbocycles. The third-order valence-electron chi connectivity index (χ3n) is 6.68. The lowest BCUT2D eigenvalue weighted by Crippen LogP contribution is -2.53. The van der Waals surface area contributed by atoms with Gasteiger partial charge in [-0.1, -0.05) is 30.7 Å². The number of rotatable bonds is 6. The van der Waals surface area contributed by atoms with Crippen molar-refractivity contribution in [3.8, 4) is 0 Å². The lowest BCUT2D eigenvalue weighted by molar-refractivity contribution is -0.171. The number of allylic oxidation sites excluding steroid dienone is 2. The molecule has 3 rings (SSSR count). The molecule has 7 atom stereocenters. The van der Waals surface area contributed by atoms with Crippen LogP contribution in [-0.2, 0) is 19.0 Å². The molecule has 0 bridgehead atoms. The first-order valence-electron chi connectivity index (χ1n) is 11.0. The molecular weight excluding hydrogens is 368 g/mol. The van der Waals surface area contributed by atoms with Crippen LogP contribution in [0, 0.1) is 11.8 Å². The molecule has 29 heavy (non-hydrogen) atoms. The minimum atomic E-state index is -0.625. The first-order valence-corrected chi connectivity index (χ1v) is 11.0. The van der Waals surface area contributed by atoms with E-state index in [0.717, 1.165) is 24.8 Å². The molecule has 0 aromatic rings. The second-order valence-electron chi connectivity index (χ2n) is 10.1. The topological polar surface area (TPSA) is 68.3 Å². The van der Waals surface area contributed by atoms with Crippen LogP contribution < -0.4 is 0 Å². The van der Waals surface area contributed by atoms with E-state index in [1.165, 1.54) is 0 Å². The Hall–Kier alpha value is -1.01. The number of ether oxygens (including phenoxy) is 3. The van der Waals surface area contributed by atoms with Gasteiger partial charge in [0.25, 0.3) is 0 Å².